The molecule has 1 N–H and O–H groups in total. The Bertz CT molecular complexity index is 689. The van der Waals surface area contributed by atoms with Crippen LogP contribution in [0.2, 0.25) is 0 Å². The molecular weight excluding hydrogens is 354 g/mol. The molecule has 0 atom stereocenters. The first kappa shape index (κ1) is 16.1. The van der Waals surface area contributed by atoms with Crippen LogP contribution in [0, 0.1) is 0 Å². The molecule has 3 rings (SSSR count). The third-order valence-electron chi connectivity index (χ3n) is 4.11. The quantitative estimate of drug-likeness (QED) is 0.819. The summed E-state index contributed by atoms with van der Waals surface area (Å²) in [4.78, 5) is 18.5. The van der Waals surface area contributed by atoms with Gasteiger partial charge >= 0.3 is 0 Å². The predicted molar refractivity (Wildman–Crippen MR) is 94.3 cm³/mol. The summed E-state index contributed by atoms with van der Waals surface area (Å²) in [7, 11) is 0. The van der Waals surface area contributed by atoms with E-state index >= 15 is 0 Å². The predicted octanol–water partition coefficient (Wildman–Crippen LogP) is 3.02. The fraction of sp³-hybridized carbons (Fsp3) is 0.333. The molecule has 120 valence electrons. The number of amides is 1. The van der Waals surface area contributed by atoms with Gasteiger partial charge in [-0.3, -0.25) is 14.7 Å². The van der Waals surface area contributed by atoms with E-state index in [-0.39, 0.29) is 5.91 Å². The molecule has 2 heterocycles. The molecule has 0 saturated carbocycles. The molecule has 0 radical (unpaired) electrons. The van der Waals surface area contributed by atoms with Gasteiger partial charge in [0.2, 0.25) is 0 Å². The van der Waals surface area contributed by atoms with Crippen molar-refractivity contribution in [3.63, 3.8) is 0 Å². The zero-order chi connectivity index (χ0) is 16.1. The number of hydrogen-bond donors (Lipinski definition) is 1. The van der Waals surface area contributed by atoms with Gasteiger partial charge in [-0.05, 0) is 46.0 Å². The summed E-state index contributed by atoms with van der Waals surface area (Å²) in [5.74, 6) is -0.0669. The topological polar surface area (TPSA) is 45.2 Å². The zero-order valence-corrected chi connectivity index (χ0v) is 14.6. The first-order chi connectivity index (χ1) is 11.2. The van der Waals surface area contributed by atoms with E-state index in [9.17, 15) is 4.79 Å². The first-order valence-corrected chi connectivity index (χ1v) is 8.69. The molecule has 1 aromatic carbocycles. The van der Waals surface area contributed by atoms with Gasteiger partial charge in [0.05, 0.1) is 5.56 Å². The van der Waals surface area contributed by atoms with Crippen molar-refractivity contribution in [1.82, 2.24) is 15.2 Å². The molecule has 1 aliphatic heterocycles. The Kier molecular flexibility index (Phi) is 5.41. The second-order valence-corrected chi connectivity index (χ2v) is 6.71. The van der Waals surface area contributed by atoms with Crippen LogP contribution < -0.4 is 5.32 Å². The summed E-state index contributed by atoms with van der Waals surface area (Å²) in [6, 6.07) is 10.4. The maximum atomic E-state index is 12.0. The van der Waals surface area contributed by atoms with Crippen molar-refractivity contribution in [3.8, 4) is 0 Å². The van der Waals surface area contributed by atoms with E-state index in [0.29, 0.717) is 12.1 Å². The highest BCUT2D eigenvalue weighted by Crippen LogP contribution is 2.18. The Morgan fingerprint density at radius 2 is 2.09 bits per heavy atom. The molecule has 0 aliphatic carbocycles. The molecule has 4 nitrogen and oxygen atoms in total. The van der Waals surface area contributed by atoms with Crippen LogP contribution in [0.25, 0.3) is 0 Å². The Balaban J connectivity index is 1.41. The Morgan fingerprint density at radius 1 is 1.26 bits per heavy atom. The summed E-state index contributed by atoms with van der Waals surface area (Å²) in [5, 5.41) is 2.96. The molecule has 2 aromatic rings. The number of rotatable bonds is 5. The second-order valence-electron chi connectivity index (χ2n) is 5.80. The second kappa shape index (κ2) is 7.70. The standard InChI is InChI=1S/C18H20BrN3O/c19-17-10-16(11-20-12-17)18(23)21-7-3-8-22-9-6-14-4-1-2-5-15(14)13-22/h1-2,4-5,10-12H,3,6-9,13H2,(H,21,23). The Labute approximate surface area is 145 Å². The van der Waals surface area contributed by atoms with Gasteiger partial charge in [-0.2, -0.15) is 0 Å². The monoisotopic (exact) mass is 373 g/mol. The number of carbonyl (C=O) groups excluding carboxylic acids is 1. The SMILES string of the molecule is O=C(NCCCN1CCc2ccccc2C1)c1cncc(Br)c1. The van der Waals surface area contributed by atoms with Crippen LogP contribution in [0.3, 0.4) is 0 Å². The van der Waals surface area contributed by atoms with Gasteiger partial charge in [-0.1, -0.05) is 24.3 Å². The van der Waals surface area contributed by atoms with Gasteiger partial charge in [0, 0.05) is 43.0 Å². The van der Waals surface area contributed by atoms with Gasteiger partial charge in [-0.15, -0.1) is 0 Å². The van der Waals surface area contributed by atoms with Crippen LogP contribution >= 0.6 is 15.9 Å². The lowest BCUT2D eigenvalue weighted by atomic mass is 10.00. The van der Waals surface area contributed by atoms with E-state index in [2.05, 4.69) is 55.4 Å². The van der Waals surface area contributed by atoms with E-state index in [1.165, 1.54) is 11.1 Å². The van der Waals surface area contributed by atoms with E-state index in [1.807, 2.05) is 0 Å². The van der Waals surface area contributed by atoms with E-state index in [4.69, 9.17) is 0 Å². The maximum absolute atomic E-state index is 12.0. The summed E-state index contributed by atoms with van der Waals surface area (Å²) in [6.07, 6.45) is 5.33. The number of benzene rings is 1. The number of fused-ring (bicyclic) bond motifs is 1. The van der Waals surface area contributed by atoms with Gasteiger partial charge < -0.3 is 5.32 Å². The average molecular weight is 374 g/mol. The number of aromatic nitrogens is 1. The van der Waals surface area contributed by atoms with E-state index in [0.717, 1.165) is 36.9 Å². The van der Waals surface area contributed by atoms with E-state index in [1.54, 1.807) is 18.5 Å². The highest BCUT2D eigenvalue weighted by Gasteiger charge is 2.15. The van der Waals surface area contributed by atoms with Gasteiger partial charge in [0.15, 0.2) is 0 Å². The van der Waals surface area contributed by atoms with Crippen molar-refractivity contribution in [1.29, 1.82) is 0 Å². The number of nitrogens with one attached hydrogen (secondary N) is 1. The number of nitrogens with zero attached hydrogens (tertiary/aromatic N) is 2. The lowest BCUT2D eigenvalue weighted by Crippen LogP contribution is -2.33. The molecule has 0 unspecified atom stereocenters. The summed E-state index contributed by atoms with van der Waals surface area (Å²) in [5.41, 5.74) is 3.49. The fourth-order valence-corrected chi connectivity index (χ4v) is 3.25. The molecule has 0 bridgehead atoms. The molecule has 0 saturated heterocycles. The van der Waals surface area contributed by atoms with Gasteiger partial charge in [0.25, 0.3) is 5.91 Å². The highest BCUT2D eigenvalue weighted by atomic mass is 79.9. The smallest absolute Gasteiger partial charge is 0.252 e. The van der Waals surface area contributed by atoms with Crippen molar-refractivity contribution < 1.29 is 4.79 Å². The lowest BCUT2D eigenvalue weighted by molar-refractivity contribution is 0.0951. The van der Waals surface area contributed by atoms with Crippen LogP contribution in [-0.4, -0.2) is 35.4 Å². The van der Waals surface area contributed by atoms with Crippen molar-refractivity contribution in [2.75, 3.05) is 19.6 Å². The van der Waals surface area contributed by atoms with Crippen molar-refractivity contribution in [3.05, 3.63) is 63.9 Å². The molecule has 5 heteroatoms. The zero-order valence-electron chi connectivity index (χ0n) is 13.0. The molecular formula is C18H20BrN3O. The lowest BCUT2D eigenvalue weighted by Gasteiger charge is -2.28. The minimum Gasteiger partial charge on any atom is -0.352 e. The number of carbonyl (C=O) groups is 1. The summed E-state index contributed by atoms with van der Waals surface area (Å²) in [6.45, 7) is 3.80. The highest BCUT2D eigenvalue weighted by molar-refractivity contribution is 9.10. The first-order valence-electron chi connectivity index (χ1n) is 7.90. The third kappa shape index (κ3) is 4.39. The van der Waals surface area contributed by atoms with Crippen LogP contribution in [0.1, 0.15) is 27.9 Å². The van der Waals surface area contributed by atoms with Crippen LogP contribution in [0.4, 0.5) is 0 Å². The van der Waals surface area contributed by atoms with Gasteiger partial charge in [0.1, 0.15) is 0 Å². The molecule has 1 aromatic heterocycles. The van der Waals surface area contributed by atoms with Gasteiger partial charge in [-0.25, -0.2) is 0 Å². The average Bonchev–Trinajstić information content (AvgIpc) is 2.58. The van der Waals surface area contributed by atoms with Crippen LogP contribution in [-0.2, 0) is 13.0 Å². The Morgan fingerprint density at radius 3 is 2.91 bits per heavy atom. The minimum absolute atomic E-state index is 0.0669. The molecule has 1 aliphatic rings. The minimum atomic E-state index is -0.0669. The van der Waals surface area contributed by atoms with Crippen LogP contribution in [0.15, 0.2) is 47.2 Å². The Hall–Kier alpha value is -1.72. The van der Waals surface area contributed by atoms with Crippen molar-refractivity contribution in [2.45, 2.75) is 19.4 Å². The normalized spacial score (nSPS) is 14.3. The summed E-state index contributed by atoms with van der Waals surface area (Å²) < 4.78 is 0.817. The maximum Gasteiger partial charge on any atom is 0.252 e. The number of hydrogen-bond acceptors (Lipinski definition) is 3. The number of halogens is 1. The molecule has 0 spiro atoms. The molecule has 1 amide bonds. The summed E-state index contributed by atoms with van der Waals surface area (Å²) >= 11 is 3.33. The van der Waals surface area contributed by atoms with E-state index < -0.39 is 0 Å². The van der Waals surface area contributed by atoms with Crippen molar-refractivity contribution in [2.24, 2.45) is 0 Å². The fourth-order valence-electron chi connectivity index (χ4n) is 2.89. The third-order valence-corrected chi connectivity index (χ3v) is 4.55. The molecule has 0 fully saturated rings. The largest absolute Gasteiger partial charge is 0.352 e. The van der Waals surface area contributed by atoms with Crippen LogP contribution in [0.5, 0.6) is 0 Å². The molecule has 23 heavy (non-hydrogen) atoms. The number of pyridine rings is 1. The van der Waals surface area contributed by atoms with Crippen molar-refractivity contribution >= 4 is 21.8 Å².